The summed E-state index contributed by atoms with van der Waals surface area (Å²) >= 11 is 4.64. The molecule has 0 saturated carbocycles. The number of fused-ring (bicyclic) bond motifs is 1. The highest BCUT2D eigenvalue weighted by Gasteiger charge is 2.12. The molecule has 0 aliphatic rings. The van der Waals surface area contributed by atoms with Crippen molar-refractivity contribution in [3.63, 3.8) is 0 Å². The van der Waals surface area contributed by atoms with E-state index in [2.05, 4.69) is 31.4 Å². The summed E-state index contributed by atoms with van der Waals surface area (Å²) in [5.41, 5.74) is 3.79. The average Bonchev–Trinajstić information content (AvgIpc) is 3.16. The minimum absolute atomic E-state index is 0.0137. The van der Waals surface area contributed by atoms with Crippen LogP contribution in [0.5, 0.6) is 0 Å². The van der Waals surface area contributed by atoms with Crippen molar-refractivity contribution in [2.24, 2.45) is 5.10 Å². The minimum Gasteiger partial charge on any atom is -0.422 e. The molecule has 8 nitrogen and oxygen atoms in total. The Labute approximate surface area is 175 Å². The van der Waals surface area contributed by atoms with E-state index in [0.29, 0.717) is 26.7 Å². The highest BCUT2D eigenvalue weighted by Crippen LogP contribution is 2.29. The van der Waals surface area contributed by atoms with Gasteiger partial charge in [0, 0.05) is 33.8 Å². The van der Waals surface area contributed by atoms with Crippen molar-refractivity contribution in [3.8, 4) is 10.4 Å². The number of nitrogens with zero attached hydrogens (tertiary/aromatic N) is 3. The lowest BCUT2D eigenvalue weighted by molar-refractivity contribution is -0.384. The van der Waals surface area contributed by atoms with Crippen LogP contribution in [0.1, 0.15) is 5.56 Å². The van der Waals surface area contributed by atoms with E-state index >= 15 is 0 Å². The Morgan fingerprint density at radius 3 is 2.93 bits per heavy atom. The van der Waals surface area contributed by atoms with Crippen molar-refractivity contribution in [3.05, 3.63) is 85.3 Å². The smallest absolute Gasteiger partial charge is 0.345 e. The van der Waals surface area contributed by atoms with Gasteiger partial charge in [-0.3, -0.25) is 15.5 Å². The predicted molar refractivity (Wildman–Crippen MR) is 116 cm³/mol. The van der Waals surface area contributed by atoms with Crippen molar-refractivity contribution in [1.82, 2.24) is 4.98 Å². The predicted octanol–water partition coefficient (Wildman–Crippen LogP) is 5.03. The third-order valence-electron chi connectivity index (χ3n) is 3.92. The summed E-state index contributed by atoms with van der Waals surface area (Å²) in [4.78, 5) is 27.5. The fraction of sp³-hybridized carbons (Fsp3) is 0. The number of halogens is 1. The third kappa shape index (κ3) is 4.23. The van der Waals surface area contributed by atoms with Crippen LogP contribution in [0.3, 0.4) is 0 Å². The maximum Gasteiger partial charge on any atom is 0.345 e. The number of hydrogen-bond donors (Lipinski definition) is 1. The number of hydrazone groups is 1. The molecule has 0 spiro atoms. The van der Waals surface area contributed by atoms with E-state index in [1.807, 2.05) is 6.07 Å². The van der Waals surface area contributed by atoms with E-state index < -0.39 is 10.5 Å². The SMILES string of the molecule is O=c1oc2ccc(Br)cc2cc1-c1cnc(NN=Cc2cccc([N+](=O)[O-])c2)s1. The molecular formula is C19H11BrN4O4S. The first kappa shape index (κ1) is 19.0. The van der Waals surface area contributed by atoms with Gasteiger partial charge in [-0.25, -0.2) is 9.78 Å². The number of aromatic nitrogens is 1. The summed E-state index contributed by atoms with van der Waals surface area (Å²) in [6.07, 6.45) is 3.02. The molecule has 0 amide bonds. The molecule has 0 atom stereocenters. The van der Waals surface area contributed by atoms with Gasteiger partial charge >= 0.3 is 5.63 Å². The topological polar surface area (TPSA) is 111 Å². The second-order valence-electron chi connectivity index (χ2n) is 5.88. The van der Waals surface area contributed by atoms with E-state index in [1.54, 1.807) is 36.5 Å². The molecular weight excluding hydrogens is 460 g/mol. The highest BCUT2D eigenvalue weighted by atomic mass is 79.9. The van der Waals surface area contributed by atoms with Crippen LogP contribution in [0.4, 0.5) is 10.8 Å². The minimum atomic E-state index is -0.467. The number of nitro benzene ring substituents is 1. The highest BCUT2D eigenvalue weighted by molar-refractivity contribution is 9.10. The summed E-state index contributed by atoms with van der Waals surface area (Å²) < 4.78 is 6.26. The van der Waals surface area contributed by atoms with Crippen LogP contribution in [-0.4, -0.2) is 16.1 Å². The summed E-state index contributed by atoms with van der Waals surface area (Å²) in [7, 11) is 0. The molecule has 2 heterocycles. The van der Waals surface area contributed by atoms with Crippen LogP contribution in [0.25, 0.3) is 21.4 Å². The Bertz CT molecular complexity index is 1320. The molecule has 0 aliphatic heterocycles. The van der Waals surface area contributed by atoms with Gasteiger partial charge in [-0.05, 0) is 24.3 Å². The second kappa shape index (κ2) is 7.94. The van der Waals surface area contributed by atoms with Gasteiger partial charge in [0.25, 0.3) is 5.69 Å². The number of rotatable bonds is 5. The van der Waals surface area contributed by atoms with Gasteiger partial charge in [-0.15, -0.1) is 0 Å². The van der Waals surface area contributed by atoms with E-state index in [0.717, 1.165) is 9.86 Å². The van der Waals surface area contributed by atoms with Crippen LogP contribution < -0.4 is 11.1 Å². The van der Waals surface area contributed by atoms with Gasteiger partial charge in [-0.2, -0.15) is 5.10 Å². The van der Waals surface area contributed by atoms with Crippen LogP contribution in [0.2, 0.25) is 0 Å². The molecule has 0 saturated heterocycles. The zero-order valence-electron chi connectivity index (χ0n) is 14.5. The molecule has 0 aliphatic carbocycles. The number of anilines is 1. The average molecular weight is 471 g/mol. The summed E-state index contributed by atoms with van der Waals surface area (Å²) in [6, 6.07) is 13.3. The Hall–Kier alpha value is -3.37. The van der Waals surface area contributed by atoms with E-state index in [1.165, 1.54) is 29.7 Å². The standard InChI is InChI=1S/C19H11BrN4O4S/c20-13-4-5-16-12(7-13)8-15(18(25)28-16)17-10-21-19(29-17)23-22-9-11-2-1-3-14(6-11)24(26)27/h1-10H,(H,21,23). The van der Waals surface area contributed by atoms with Crippen molar-refractivity contribution in [2.75, 3.05) is 5.43 Å². The molecule has 0 unspecified atom stereocenters. The largest absolute Gasteiger partial charge is 0.422 e. The maximum absolute atomic E-state index is 12.3. The maximum atomic E-state index is 12.3. The van der Waals surface area contributed by atoms with Gasteiger partial charge in [0.1, 0.15) is 5.58 Å². The molecule has 0 radical (unpaired) electrons. The van der Waals surface area contributed by atoms with E-state index in [-0.39, 0.29) is 5.69 Å². The van der Waals surface area contributed by atoms with Crippen molar-refractivity contribution >= 4 is 55.3 Å². The number of nitrogens with one attached hydrogen (secondary N) is 1. The van der Waals surface area contributed by atoms with Gasteiger partial charge < -0.3 is 4.42 Å². The van der Waals surface area contributed by atoms with Crippen LogP contribution in [0, 0.1) is 10.1 Å². The second-order valence-corrected chi connectivity index (χ2v) is 7.83. The molecule has 4 aromatic rings. The first-order chi connectivity index (χ1) is 14.0. The fourth-order valence-corrected chi connectivity index (χ4v) is 3.75. The van der Waals surface area contributed by atoms with E-state index in [9.17, 15) is 14.9 Å². The molecule has 2 aromatic heterocycles. The summed E-state index contributed by atoms with van der Waals surface area (Å²) in [5.74, 6) is 0. The molecule has 4 rings (SSSR count). The molecule has 29 heavy (non-hydrogen) atoms. The Kier molecular flexibility index (Phi) is 5.19. The lowest BCUT2D eigenvalue weighted by atomic mass is 10.2. The normalized spacial score (nSPS) is 11.2. The molecule has 0 bridgehead atoms. The lowest BCUT2D eigenvalue weighted by Crippen LogP contribution is -2.01. The Morgan fingerprint density at radius 1 is 1.24 bits per heavy atom. The van der Waals surface area contributed by atoms with Gasteiger partial charge in [0.15, 0.2) is 0 Å². The van der Waals surface area contributed by atoms with Crippen LogP contribution >= 0.6 is 27.3 Å². The summed E-state index contributed by atoms with van der Waals surface area (Å²) in [5, 5.41) is 16.1. The van der Waals surface area contributed by atoms with Crippen molar-refractivity contribution < 1.29 is 9.34 Å². The number of non-ortho nitro benzene ring substituents is 1. The molecule has 0 fully saturated rings. The van der Waals surface area contributed by atoms with E-state index in [4.69, 9.17) is 4.42 Å². The Morgan fingerprint density at radius 2 is 2.10 bits per heavy atom. The lowest BCUT2D eigenvalue weighted by Gasteiger charge is -2.00. The van der Waals surface area contributed by atoms with Crippen LogP contribution in [-0.2, 0) is 0 Å². The van der Waals surface area contributed by atoms with Crippen LogP contribution in [0.15, 0.2) is 73.5 Å². The summed E-state index contributed by atoms with van der Waals surface area (Å²) in [6.45, 7) is 0. The van der Waals surface area contributed by atoms with Crippen molar-refractivity contribution in [1.29, 1.82) is 0 Å². The van der Waals surface area contributed by atoms with Crippen molar-refractivity contribution in [2.45, 2.75) is 0 Å². The number of benzene rings is 2. The number of thiazole rings is 1. The third-order valence-corrected chi connectivity index (χ3v) is 5.35. The zero-order chi connectivity index (χ0) is 20.4. The van der Waals surface area contributed by atoms with Gasteiger partial charge in [0.05, 0.1) is 21.6 Å². The monoisotopic (exact) mass is 470 g/mol. The quantitative estimate of drug-likeness (QED) is 0.189. The zero-order valence-corrected chi connectivity index (χ0v) is 16.9. The molecule has 2 aromatic carbocycles. The van der Waals surface area contributed by atoms with Gasteiger partial charge in [-0.1, -0.05) is 39.4 Å². The Balaban J connectivity index is 1.55. The molecule has 1 N–H and O–H groups in total. The molecule has 10 heteroatoms. The number of hydrogen-bond acceptors (Lipinski definition) is 8. The first-order valence-electron chi connectivity index (χ1n) is 8.23. The first-order valence-corrected chi connectivity index (χ1v) is 9.84. The number of nitro groups is 1. The molecule has 144 valence electrons. The van der Waals surface area contributed by atoms with Gasteiger partial charge in [0.2, 0.25) is 5.13 Å². The fourth-order valence-electron chi connectivity index (χ4n) is 2.60.